The zero-order valence-electron chi connectivity index (χ0n) is 15.7. The van der Waals surface area contributed by atoms with Gasteiger partial charge in [0.1, 0.15) is 5.56 Å². The number of hydrazone groups is 1. The van der Waals surface area contributed by atoms with Crippen molar-refractivity contribution in [3.05, 3.63) is 77.6 Å². The zero-order valence-corrected chi connectivity index (χ0v) is 16.6. The molecule has 3 N–H and O–H groups in total. The van der Waals surface area contributed by atoms with Crippen LogP contribution in [0.2, 0.25) is 0 Å². The van der Waals surface area contributed by atoms with Gasteiger partial charge in [-0.15, -0.1) is 11.3 Å². The van der Waals surface area contributed by atoms with Gasteiger partial charge in [0.25, 0.3) is 5.56 Å². The monoisotopic (exact) mass is 396 g/mol. The van der Waals surface area contributed by atoms with Crippen LogP contribution in [0.25, 0.3) is 5.69 Å². The van der Waals surface area contributed by atoms with E-state index in [0.717, 1.165) is 26.1 Å². The Balaban J connectivity index is 1.80. The standard InChI is InChI=1S/C20H20N4O3S/c1-10-6-11(2)8-13(7-10)24-19(26)16(18(25)21-20(24)27)14-9-15(23-22-14)17-12(3)4-5-28-17/h4-8,15,23,26H,9H2,1-3H3,(H,21,25,27)/t15-/m1/s1. The van der Waals surface area contributed by atoms with E-state index in [1.807, 2.05) is 38.3 Å². The van der Waals surface area contributed by atoms with Gasteiger partial charge in [0.05, 0.1) is 17.4 Å². The lowest BCUT2D eigenvalue weighted by Gasteiger charge is -2.13. The lowest BCUT2D eigenvalue weighted by Crippen LogP contribution is -2.33. The van der Waals surface area contributed by atoms with Crippen molar-refractivity contribution in [3.63, 3.8) is 0 Å². The number of aromatic nitrogens is 2. The van der Waals surface area contributed by atoms with E-state index in [1.54, 1.807) is 23.5 Å². The van der Waals surface area contributed by atoms with Crippen molar-refractivity contribution in [1.82, 2.24) is 15.0 Å². The van der Waals surface area contributed by atoms with Gasteiger partial charge in [-0.05, 0) is 61.0 Å². The summed E-state index contributed by atoms with van der Waals surface area (Å²) in [5.74, 6) is -0.400. The highest BCUT2D eigenvalue weighted by atomic mass is 32.1. The quantitative estimate of drug-likeness (QED) is 0.634. The molecule has 0 unspecified atom stereocenters. The van der Waals surface area contributed by atoms with Crippen molar-refractivity contribution in [2.45, 2.75) is 33.2 Å². The third-order valence-electron chi connectivity index (χ3n) is 4.81. The number of aromatic hydroxyl groups is 1. The first-order valence-corrected chi connectivity index (χ1v) is 9.76. The van der Waals surface area contributed by atoms with Crippen LogP contribution < -0.4 is 16.7 Å². The number of H-pyrrole nitrogens is 1. The predicted molar refractivity (Wildman–Crippen MR) is 110 cm³/mol. The minimum absolute atomic E-state index is 0.0166. The molecular weight excluding hydrogens is 376 g/mol. The molecular formula is C20H20N4O3S. The van der Waals surface area contributed by atoms with Crippen molar-refractivity contribution in [2.75, 3.05) is 0 Å². The third kappa shape index (κ3) is 3.05. The molecule has 1 aliphatic heterocycles. The molecule has 2 aromatic heterocycles. The number of nitrogens with one attached hydrogen (secondary N) is 2. The smallest absolute Gasteiger partial charge is 0.335 e. The molecule has 0 fully saturated rings. The van der Waals surface area contributed by atoms with E-state index in [9.17, 15) is 14.7 Å². The normalized spacial score (nSPS) is 16.1. The Hall–Kier alpha value is -3.13. The molecule has 0 spiro atoms. The van der Waals surface area contributed by atoms with Gasteiger partial charge < -0.3 is 10.5 Å². The van der Waals surface area contributed by atoms with Gasteiger partial charge in [0, 0.05) is 11.3 Å². The summed E-state index contributed by atoms with van der Waals surface area (Å²) in [6, 6.07) is 7.50. The Bertz CT molecular complexity index is 1200. The van der Waals surface area contributed by atoms with E-state index in [1.165, 1.54) is 0 Å². The molecule has 7 nitrogen and oxygen atoms in total. The van der Waals surface area contributed by atoms with Crippen molar-refractivity contribution in [2.24, 2.45) is 5.10 Å². The molecule has 3 heterocycles. The highest BCUT2D eigenvalue weighted by molar-refractivity contribution is 7.10. The number of hydrogen-bond donors (Lipinski definition) is 3. The lowest BCUT2D eigenvalue weighted by atomic mass is 10.0. The van der Waals surface area contributed by atoms with E-state index in [2.05, 4.69) is 15.5 Å². The Morgan fingerprint density at radius 1 is 1.18 bits per heavy atom. The average molecular weight is 396 g/mol. The summed E-state index contributed by atoms with van der Waals surface area (Å²) in [4.78, 5) is 28.4. The summed E-state index contributed by atoms with van der Waals surface area (Å²) in [6.45, 7) is 5.84. The summed E-state index contributed by atoms with van der Waals surface area (Å²) < 4.78 is 1.11. The Morgan fingerprint density at radius 3 is 2.54 bits per heavy atom. The van der Waals surface area contributed by atoms with Gasteiger partial charge in [-0.3, -0.25) is 9.78 Å². The number of aryl methyl sites for hydroxylation is 3. The summed E-state index contributed by atoms with van der Waals surface area (Å²) in [5.41, 5.74) is 5.69. The molecule has 0 aliphatic carbocycles. The molecule has 8 heteroatoms. The van der Waals surface area contributed by atoms with E-state index < -0.39 is 17.1 Å². The zero-order chi connectivity index (χ0) is 20.0. The molecule has 0 radical (unpaired) electrons. The molecule has 0 saturated heterocycles. The molecule has 1 aromatic carbocycles. The highest BCUT2D eigenvalue weighted by Crippen LogP contribution is 2.31. The van der Waals surface area contributed by atoms with Crippen LogP contribution >= 0.6 is 11.3 Å². The minimum atomic E-state index is -0.687. The van der Waals surface area contributed by atoms with E-state index in [4.69, 9.17) is 0 Å². The molecule has 1 aliphatic rings. The van der Waals surface area contributed by atoms with Crippen LogP contribution in [-0.2, 0) is 0 Å². The van der Waals surface area contributed by atoms with Gasteiger partial charge in [0.15, 0.2) is 0 Å². The van der Waals surface area contributed by atoms with Crippen LogP contribution in [0.15, 0.2) is 44.3 Å². The van der Waals surface area contributed by atoms with Gasteiger partial charge in [-0.25, -0.2) is 9.36 Å². The van der Waals surface area contributed by atoms with Gasteiger partial charge >= 0.3 is 5.69 Å². The van der Waals surface area contributed by atoms with Crippen molar-refractivity contribution in [1.29, 1.82) is 0 Å². The predicted octanol–water partition coefficient (Wildman–Crippen LogP) is 2.66. The molecule has 3 aromatic rings. The number of aromatic amines is 1. The summed E-state index contributed by atoms with van der Waals surface area (Å²) in [7, 11) is 0. The number of thiophene rings is 1. The van der Waals surface area contributed by atoms with Crippen LogP contribution in [0.3, 0.4) is 0 Å². The summed E-state index contributed by atoms with van der Waals surface area (Å²) in [5, 5.41) is 17.1. The Labute approximate surface area is 165 Å². The maximum Gasteiger partial charge on any atom is 0.335 e. The second-order valence-electron chi connectivity index (χ2n) is 7.05. The van der Waals surface area contributed by atoms with E-state index in [-0.39, 0.29) is 11.6 Å². The second-order valence-corrected chi connectivity index (χ2v) is 8.00. The second kappa shape index (κ2) is 6.79. The fourth-order valence-corrected chi connectivity index (χ4v) is 4.57. The molecule has 0 saturated carbocycles. The number of rotatable bonds is 3. The van der Waals surface area contributed by atoms with Crippen LogP contribution in [0.1, 0.15) is 39.6 Å². The van der Waals surface area contributed by atoms with Gasteiger partial charge in [-0.2, -0.15) is 5.10 Å². The molecule has 0 amide bonds. The molecule has 0 bridgehead atoms. The maximum absolute atomic E-state index is 12.5. The van der Waals surface area contributed by atoms with E-state index in [0.29, 0.717) is 17.8 Å². The summed E-state index contributed by atoms with van der Waals surface area (Å²) in [6.07, 6.45) is 0.447. The lowest BCUT2D eigenvalue weighted by molar-refractivity contribution is 0.429. The third-order valence-corrected chi connectivity index (χ3v) is 5.94. The first kappa shape index (κ1) is 18.2. The number of hydrogen-bond acceptors (Lipinski definition) is 6. The molecule has 1 atom stereocenters. The average Bonchev–Trinajstić information content (AvgIpc) is 3.22. The van der Waals surface area contributed by atoms with Crippen molar-refractivity contribution in [3.8, 4) is 11.6 Å². The fourth-order valence-electron chi connectivity index (χ4n) is 3.60. The van der Waals surface area contributed by atoms with Crippen LogP contribution in [0.5, 0.6) is 5.88 Å². The van der Waals surface area contributed by atoms with Gasteiger partial charge in [-0.1, -0.05) is 6.07 Å². The number of benzene rings is 1. The Kier molecular flexibility index (Phi) is 4.43. The van der Waals surface area contributed by atoms with Crippen LogP contribution in [0, 0.1) is 20.8 Å². The molecule has 4 rings (SSSR count). The van der Waals surface area contributed by atoms with E-state index >= 15 is 0 Å². The highest BCUT2D eigenvalue weighted by Gasteiger charge is 2.28. The molecule has 28 heavy (non-hydrogen) atoms. The fraction of sp³-hybridized carbons (Fsp3) is 0.250. The topological polar surface area (TPSA) is 99.5 Å². The number of nitrogens with zero attached hydrogens (tertiary/aromatic N) is 2. The first-order chi connectivity index (χ1) is 13.3. The summed E-state index contributed by atoms with van der Waals surface area (Å²) >= 11 is 1.62. The van der Waals surface area contributed by atoms with Crippen molar-refractivity contribution < 1.29 is 5.11 Å². The van der Waals surface area contributed by atoms with Crippen molar-refractivity contribution >= 4 is 17.0 Å². The largest absolute Gasteiger partial charge is 0.493 e. The minimum Gasteiger partial charge on any atom is -0.493 e. The first-order valence-electron chi connectivity index (χ1n) is 8.88. The van der Waals surface area contributed by atoms with Crippen LogP contribution in [0.4, 0.5) is 0 Å². The Morgan fingerprint density at radius 2 is 1.89 bits per heavy atom. The SMILES string of the molecule is Cc1cc(C)cc(-n2c(O)c(C3=NN[C@@H](c4sccc4C)C3)c(=O)[nH]c2=O)c1. The maximum atomic E-state index is 12.5. The van der Waals surface area contributed by atoms with Gasteiger partial charge in [0.2, 0.25) is 5.88 Å². The molecule has 144 valence electrons. The van der Waals surface area contributed by atoms with Crippen LogP contribution in [-0.4, -0.2) is 20.4 Å².